The summed E-state index contributed by atoms with van der Waals surface area (Å²) >= 11 is 0. The van der Waals surface area contributed by atoms with Crippen LogP contribution in [0.3, 0.4) is 0 Å². The minimum atomic E-state index is -0.238. The Morgan fingerprint density at radius 1 is 1.90 bits per heavy atom. The Bertz CT molecular complexity index is 138. The van der Waals surface area contributed by atoms with Crippen LogP contribution in [-0.4, -0.2) is 37.2 Å². The minimum absolute atomic E-state index is 0.0162. The van der Waals surface area contributed by atoms with Crippen LogP contribution in [0.4, 0.5) is 4.79 Å². The van der Waals surface area contributed by atoms with Crippen LogP contribution in [0.1, 0.15) is 6.42 Å². The van der Waals surface area contributed by atoms with Gasteiger partial charge in [-0.15, -0.1) is 0 Å². The molecular formula is C6H12N2O2. The van der Waals surface area contributed by atoms with Crippen molar-refractivity contribution in [3.63, 3.8) is 0 Å². The maximum atomic E-state index is 10.7. The monoisotopic (exact) mass is 144 g/mol. The van der Waals surface area contributed by atoms with Gasteiger partial charge in [-0.05, 0) is 13.0 Å². The zero-order valence-corrected chi connectivity index (χ0v) is 6.04. The van der Waals surface area contributed by atoms with Gasteiger partial charge in [0.15, 0.2) is 0 Å². The van der Waals surface area contributed by atoms with Crippen molar-refractivity contribution in [3.05, 3.63) is 0 Å². The molecule has 1 heterocycles. The third kappa shape index (κ3) is 1.39. The number of cyclic esters (lactones) is 1. The van der Waals surface area contributed by atoms with Crippen molar-refractivity contribution < 1.29 is 9.53 Å². The first-order valence-corrected chi connectivity index (χ1v) is 3.36. The molecule has 0 bridgehead atoms. The molecule has 1 saturated heterocycles. The first kappa shape index (κ1) is 7.34. The van der Waals surface area contributed by atoms with Gasteiger partial charge in [0, 0.05) is 7.05 Å². The Morgan fingerprint density at radius 3 is 3.00 bits per heavy atom. The lowest BCUT2D eigenvalue weighted by molar-refractivity contribution is 0.131. The largest absolute Gasteiger partial charge is 0.444 e. The summed E-state index contributed by atoms with van der Waals surface area (Å²) in [5.74, 6) is 0. The zero-order chi connectivity index (χ0) is 7.56. The number of nitrogens with zero attached hydrogens (tertiary/aromatic N) is 1. The highest BCUT2D eigenvalue weighted by molar-refractivity contribution is 5.69. The van der Waals surface area contributed by atoms with Crippen molar-refractivity contribution in [2.45, 2.75) is 12.5 Å². The first-order valence-electron chi connectivity index (χ1n) is 3.36. The van der Waals surface area contributed by atoms with Crippen LogP contribution in [-0.2, 0) is 4.74 Å². The molecule has 2 N–H and O–H groups in total. The van der Waals surface area contributed by atoms with Crippen LogP contribution in [0.5, 0.6) is 0 Å². The van der Waals surface area contributed by atoms with Gasteiger partial charge < -0.3 is 15.4 Å². The van der Waals surface area contributed by atoms with Gasteiger partial charge in [-0.25, -0.2) is 4.79 Å². The number of carbonyl (C=O) groups excluding carboxylic acids is 1. The van der Waals surface area contributed by atoms with Gasteiger partial charge in [0.05, 0.1) is 6.54 Å². The fourth-order valence-corrected chi connectivity index (χ4v) is 0.986. The highest BCUT2D eigenvalue weighted by atomic mass is 16.6. The summed E-state index contributed by atoms with van der Waals surface area (Å²) in [6.45, 7) is 1.25. The molecule has 0 aromatic heterocycles. The van der Waals surface area contributed by atoms with E-state index in [2.05, 4.69) is 0 Å². The van der Waals surface area contributed by atoms with E-state index in [4.69, 9.17) is 10.5 Å². The van der Waals surface area contributed by atoms with Crippen LogP contribution in [0.2, 0.25) is 0 Å². The summed E-state index contributed by atoms with van der Waals surface area (Å²) in [5, 5.41) is 0. The number of likely N-dealkylation sites (N-methyl/N-ethyl adjacent to an activating group) is 1. The molecule has 0 spiro atoms. The molecule has 4 nitrogen and oxygen atoms in total. The van der Waals surface area contributed by atoms with Crippen molar-refractivity contribution >= 4 is 6.09 Å². The van der Waals surface area contributed by atoms with Crippen LogP contribution in [0, 0.1) is 0 Å². The maximum Gasteiger partial charge on any atom is 0.409 e. The summed E-state index contributed by atoms with van der Waals surface area (Å²) < 4.78 is 4.92. The molecule has 58 valence electrons. The lowest BCUT2D eigenvalue weighted by Gasteiger charge is -2.03. The van der Waals surface area contributed by atoms with Crippen LogP contribution in [0.25, 0.3) is 0 Å². The lowest BCUT2D eigenvalue weighted by atomic mass is 10.2. The second-order valence-electron chi connectivity index (χ2n) is 2.46. The number of nitrogens with two attached hydrogens (primary N) is 1. The predicted octanol–water partition coefficient (Wildman–Crippen LogP) is -0.214. The second-order valence-corrected chi connectivity index (χ2v) is 2.46. The Balaban J connectivity index is 2.34. The van der Waals surface area contributed by atoms with Gasteiger partial charge in [0.1, 0.15) is 6.10 Å². The Labute approximate surface area is 59.9 Å². The van der Waals surface area contributed by atoms with Gasteiger partial charge >= 0.3 is 6.09 Å². The molecule has 0 saturated carbocycles. The van der Waals surface area contributed by atoms with Gasteiger partial charge in [-0.3, -0.25) is 0 Å². The molecule has 4 heteroatoms. The van der Waals surface area contributed by atoms with Crippen LogP contribution in [0.15, 0.2) is 0 Å². The normalized spacial score (nSPS) is 25.2. The molecule has 1 aliphatic rings. The van der Waals surface area contributed by atoms with E-state index in [1.54, 1.807) is 11.9 Å². The molecule has 1 rings (SSSR count). The van der Waals surface area contributed by atoms with Crippen molar-refractivity contribution in [1.29, 1.82) is 0 Å². The summed E-state index contributed by atoms with van der Waals surface area (Å²) in [6.07, 6.45) is 0.539. The molecular weight excluding hydrogens is 132 g/mol. The number of hydrogen-bond acceptors (Lipinski definition) is 3. The highest BCUT2D eigenvalue weighted by Crippen LogP contribution is 2.10. The molecule has 0 aromatic carbocycles. The number of carbonyl (C=O) groups is 1. The maximum absolute atomic E-state index is 10.7. The van der Waals surface area contributed by atoms with Gasteiger partial charge in [0.2, 0.25) is 0 Å². The summed E-state index contributed by atoms with van der Waals surface area (Å²) in [6, 6.07) is 0. The van der Waals surface area contributed by atoms with Crippen LogP contribution < -0.4 is 5.73 Å². The van der Waals surface area contributed by atoms with Gasteiger partial charge in [-0.2, -0.15) is 0 Å². The standard InChI is InChI=1S/C6H12N2O2/c1-8-4-5(2-3-7)10-6(8)9/h5H,2-4,7H2,1H3/t5-/m1/s1. The topological polar surface area (TPSA) is 55.6 Å². The van der Waals surface area contributed by atoms with E-state index >= 15 is 0 Å². The molecule has 10 heavy (non-hydrogen) atoms. The van der Waals surface area contributed by atoms with Crippen molar-refractivity contribution in [2.75, 3.05) is 20.1 Å². The molecule has 1 atom stereocenters. The predicted molar refractivity (Wildman–Crippen MR) is 36.6 cm³/mol. The van der Waals surface area contributed by atoms with E-state index in [1.165, 1.54) is 0 Å². The number of amides is 1. The fourth-order valence-electron chi connectivity index (χ4n) is 0.986. The Morgan fingerprint density at radius 2 is 2.60 bits per heavy atom. The quantitative estimate of drug-likeness (QED) is 0.583. The summed E-state index contributed by atoms with van der Waals surface area (Å²) in [5.41, 5.74) is 5.29. The Kier molecular flexibility index (Phi) is 2.11. The number of rotatable bonds is 2. The zero-order valence-electron chi connectivity index (χ0n) is 6.04. The lowest BCUT2D eigenvalue weighted by Crippen LogP contribution is -2.20. The van der Waals surface area contributed by atoms with E-state index < -0.39 is 0 Å². The van der Waals surface area contributed by atoms with Crippen molar-refractivity contribution in [2.24, 2.45) is 5.73 Å². The minimum Gasteiger partial charge on any atom is -0.444 e. The van der Waals surface area contributed by atoms with Crippen molar-refractivity contribution in [3.8, 4) is 0 Å². The average Bonchev–Trinajstić information content (AvgIpc) is 2.14. The van der Waals surface area contributed by atoms with E-state index in [0.29, 0.717) is 13.1 Å². The number of ether oxygens (including phenoxy) is 1. The fraction of sp³-hybridized carbons (Fsp3) is 0.833. The smallest absolute Gasteiger partial charge is 0.409 e. The third-order valence-corrected chi connectivity index (χ3v) is 1.55. The van der Waals surface area contributed by atoms with E-state index in [-0.39, 0.29) is 12.2 Å². The van der Waals surface area contributed by atoms with Crippen molar-refractivity contribution in [1.82, 2.24) is 4.90 Å². The average molecular weight is 144 g/mol. The third-order valence-electron chi connectivity index (χ3n) is 1.55. The van der Waals surface area contributed by atoms with Gasteiger partial charge in [0.25, 0.3) is 0 Å². The summed E-state index contributed by atoms with van der Waals surface area (Å²) in [4.78, 5) is 12.3. The molecule has 0 aromatic rings. The number of hydrogen-bond donors (Lipinski definition) is 1. The molecule has 1 aliphatic heterocycles. The SMILES string of the molecule is CN1C[C@@H](CCN)OC1=O. The van der Waals surface area contributed by atoms with E-state index in [1.807, 2.05) is 0 Å². The van der Waals surface area contributed by atoms with Gasteiger partial charge in [-0.1, -0.05) is 0 Å². The Hall–Kier alpha value is -0.770. The highest BCUT2D eigenvalue weighted by Gasteiger charge is 2.26. The molecule has 1 amide bonds. The molecule has 0 radical (unpaired) electrons. The molecule has 0 unspecified atom stereocenters. The molecule has 0 aliphatic carbocycles. The van der Waals surface area contributed by atoms with Crippen LogP contribution >= 0.6 is 0 Å². The molecule has 1 fully saturated rings. The summed E-state index contributed by atoms with van der Waals surface area (Å²) in [7, 11) is 1.72. The van der Waals surface area contributed by atoms with E-state index in [0.717, 1.165) is 6.42 Å². The first-order chi connectivity index (χ1) is 4.74. The second kappa shape index (κ2) is 2.88. The van der Waals surface area contributed by atoms with E-state index in [9.17, 15) is 4.79 Å².